The summed E-state index contributed by atoms with van der Waals surface area (Å²) in [7, 11) is 0. The van der Waals surface area contributed by atoms with Crippen molar-refractivity contribution in [2.24, 2.45) is 0 Å². The van der Waals surface area contributed by atoms with Crippen molar-refractivity contribution in [3.05, 3.63) is 34.1 Å². The quantitative estimate of drug-likeness (QED) is 0.602. The molecule has 0 aliphatic carbocycles. The Bertz CT molecular complexity index is 562. The molecule has 0 spiro atoms. The number of nitro groups is 1. The van der Waals surface area contributed by atoms with Gasteiger partial charge in [0.2, 0.25) is 5.65 Å². The highest BCUT2D eigenvalue weighted by Gasteiger charge is 2.20. The van der Waals surface area contributed by atoms with Gasteiger partial charge in [-0.15, -0.1) is 0 Å². The Labute approximate surface area is 98.0 Å². The van der Waals surface area contributed by atoms with Crippen LogP contribution >= 0.6 is 0 Å². The number of nitrogens with zero attached hydrogens (tertiary/aromatic N) is 3. The van der Waals surface area contributed by atoms with Gasteiger partial charge in [0, 0.05) is 24.0 Å². The van der Waals surface area contributed by atoms with Crippen molar-refractivity contribution < 1.29 is 9.66 Å². The van der Waals surface area contributed by atoms with Crippen LogP contribution in [0.1, 0.15) is 18.9 Å². The number of pyridine rings is 1. The molecule has 6 nitrogen and oxygen atoms in total. The Hall–Kier alpha value is -2.11. The number of hydrogen-bond acceptors (Lipinski definition) is 4. The van der Waals surface area contributed by atoms with Crippen molar-refractivity contribution in [1.82, 2.24) is 9.38 Å². The van der Waals surface area contributed by atoms with Crippen molar-refractivity contribution >= 4 is 11.3 Å². The van der Waals surface area contributed by atoms with Crippen LogP contribution in [0, 0.1) is 17.0 Å². The van der Waals surface area contributed by atoms with Crippen LogP contribution in [0.2, 0.25) is 0 Å². The second-order valence-electron chi connectivity index (χ2n) is 3.74. The van der Waals surface area contributed by atoms with E-state index in [1.54, 1.807) is 23.6 Å². The second-order valence-corrected chi connectivity index (χ2v) is 3.74. The minimum atomic E-state index is -0.415. The van der Waals surface area contributed by atoms with Gasteiger partial charge in [-0.2, -0.15) is 0 Å². The molecule has 2 aromatic heterocycles. The van der Waals surface area contributed by atoms with Crippen molar-refractivity contribution in [2.45, 2.75) is 20.3 Å². The SMILES string of the molecule is CCCOc1cc(C)c([N+](=O)[O-])c2nccn12. The summed E-state index contributed by atoms with van der Waals surface area (Å²) in [6, 6.07) is 1.67. The average molecular weight is 235 g/mol. The fourth-order valence-electron chi connectivity index (χ4n) is 1.70. The van der Waals surface area contributed by atoms with Crippen molar-refractivity contribution in [3.8, 4) is 5.88 Å². The molecule has 0 N–H and O–H groups in total. The molecule has 2 heterocycles. The maximum absolute atomic E-state index is 11.0. The lowest BCUT2D eigenvalue weighted by Gasteiger charge is -2.09. The fraction of sp³-hybridized carbons (Fsp3) is 0.364. The molecule has 90 valence electrons. The maximum Gasteiger partial charge on any atom is 0.315 e. The molecule has 0 aromatic carbocycles. The van der Waals surface area contributed by atoms with Crippen LogP contribution in [0.15, 0.2) is 18.5 Å². The minimum absolute atomic E-state index is 0.0267. The lowest BCUT2D eigenvalue weighted by molar-refractivity contribution is -0.384. The number of aromatic nitrogens is 2. The first-order chi connectivity index (χ1) is 8.15. The molecule has 0 radical (unpaired) electrons. The zero-order valence-corrected chi connectivity index (χ0v) is 9.71. The summed E-state index contributed by atoms with van der Waals surface area (Å²) in [5.41, 5.74) is 0.903. The Balaban J connectivity index is 2.61. The van der Waals surface area contributed by atoms with Crippen LogP contribution in [-0.4, -0.2) is 20.9 Å². The van der Waals surface area contributed by atoms with Crippen LogP contribution in [0.5, 0.6) is 5.88 Å². The van der Waals surface area contributed by atoms with Gasteiger partial charge < -0.3 is 4.74 Å². The van der Waals surface area contributed by atoms with Gasteiger partial charge in [0.1, 0.15) is 0 Å². The molecule has 0 unspecified atom stereocenters. The van der Waals surface area contributed by atoms with Gasteiger partial charge >= 0.3 is 5.69 Å². The maximum atomic E-state index is 11.0. The zero-order chi connectivity index (χ0) is 12.4. The van der Waals surface area contributed by atoms with Gasteiger partial charge in [-0.05, 0) is 13.3 Å². The first kappa shape index (κ1) is 11.4. The van der Waals surface area contributed by atoms with Crippen LogP contribution in [0.25, 0.3) is 5.65 Å². The minimum Gasteiger partial charge on any atom is -0.479 e. The lowest BCUT2D eigenvalue weighted by Crippen LogP contribution is -2.03. The highest BCUT2D eigenvalue weighted by molar-refractivity contribution is 5.65. The summed E-state index contributed by atoms with van der Waals surface area (Å²) in [5, 5.41) is 11.0. The molecule has 0 bridgehead atoms. The van der Waals surface area contributed by atoms with E-state index in [2.05, 4.69) is 4.98 Å². The van der Waals surface area contributed by atoms with Gasteiger partial charge in [0.25, 0.3) is 0 Å². The summed E-state index contributed by atoms with van der Waals surface area (Å²) >= 11 is 0. The summed E-state index contributed by atoms with van der Waals surface area (Å²) in [6.07, 6.45) is 4.07. The predicted molar refractivity (Wildman–Crippen MR) is 62.4 cm³/mol. The van der Waals surface area contributed by atoms with Gasteiger partial charge in [-0.1, -0.05) is 6.92 Å². The number of ether oxygens (including phenoxy) is 1. The number of hydrogen-bond donors (Lipinski definition) is 0. The van der Waals surface area contributed by atoms with Crippen LogP contribution < -0.4 is 4.74 Å². The molecule has 0 saturated heterocycles. The van der Waals surface area contributed by atoms with E-state index in [0.717, 1.165) is 6.42 Å². The Morgan fingerprint density at radius 3 is 3.00 bits per heavy atom. The Kier molecular flexibility index (Phi) is 2.95. The van der Waals surface area contributed by atoms with Gasteiger partial charge in [0.15, 0.2) is 5.88 Å². The second kappa shape index (κ2) is 4.40. The topological polar surface area (TPSA) is 69.7 Å². The van der Waals surface area contributed by atoms with Crippen LogP contribution in [0.4, 0.5) is 5.69 Å². The van der Waals surface area contributed by atoms with E-state index in [0.29, 0.717) is 23.7 Å². The largest absolute Gasteiger partial charge is 0.479 e. The third-order valence-corrected chi connectivity index (χ3v) is 2.44. The van der Waals surface area contributed by atoms with E-state index in [9.17, 15) is 10.1 Å². The van der Waals surface area contributed by atoms with Crippen LogP contribution in [0.3, 0.4) is 0 Å². The summed E-state index contributed by atoms with van der Waals surface area (Å²) < 4.78 is 7.14. The molecular formula is C11H13N3O3. The van der Waals surface area contributed by atoms with Crippen LogP contribution in [-0.2, 0) is 0 Å². The molecular weight excluding hydrogens is 222 g/mol. The lowest BCUT2D eigenvalue weighted by atomic mass is 10.2. The van der Waals surface area contributed by atoms with Crippen molar-refractivity contribution in [2.75, 3.05) is 6.61 Å². The number of imidazole rings is 1. The van der Waals surface area contributed by atoms with E-state index in [1.165, 1.54) is 6.20 Å². The average Bonchev–Trinajstić information content (AvgIpc) is 2.73. The molecule has 0 atom stereocenters. The Morgan fingerprint density at radius 2 is 2.35 bits per heavy atom. The number of aryl methyl sites for hydroxylation is 1. The normalized spacial score (nSPS) is 10.7. The highest BCUT2D eigenvalue weighted by Crippen LogP contribution is 2.28. The first-order valence-corrected chi connectivity index (χ1v) is 5.39. The number of fused-ring (bicyclic) bond motifs is 1. The van der Waals surface area contributed by atoms with Crippen molar-refractivity contribution in [3.63, 3.8) is 0 Å². The summed E-state index contributed by atoms with van der Waals surface area (Å²) in [4.78, 5) is 14.6. The number of rotatable bonds is 4. The molecule has 17 heavy (non-hydrogen) atoms. The first-order valence-electron chi connectivity index (χ1n) is 5.39. The van der Waals surface area contributed by atoms with Gasteiger partial charge in [0.05, 0.1) is 11.5 Å². The van der Waals surface area contributed by atoms with Gasteiger partial charge in [-0.25, -0.2) is 4.98 Å². The monoisotopic (exact) mass is 235 g/mol. The fourth-order valence-corrected chi connectivity index (χ4v) is 1.70. The van der Waals surface area contributed by atoms with Gasteiger partial charge in [-0.3, -0.25) is 14.5 Å². The third kappa shape index (κ3) is 1.93. The molecule has 0 aliphatic heterocycles. The Morgan fingerprint density at radius 1 is 1.59 bits per heavy atom. The standard InChI is InChI=1S/C11H13N3O3/c1-3-6-17-9-7-8(2)10(14(15)16)11-12-4-5-13(9)11/h4-5,7H,3,6H2,1-2H3. The highest BCUT2D eigenvalue weighted by atomic mass is 16.6. The zero-order valence-electron chi connectivity index (χ0n) is 9.71. The molecule has 0 amide bonds. The van der Waals surface area contributed by atoms with E-state index in [4.69, 9.17) is 4.74 Å². The molecule has 6 heteroatoms. The van der Waals surface area contributed by atoms with E-state index < -0.39 is 4.92 Å². The third-order valence-electron chi connectivity index (χ3n) is 2.44. The molecule has 0 aliphatic rings. The smallest absolute Gasteiger partial charge is 0.315 e. The summed E-state index contributed by atoms with van der Waals surface area (Å²) in [6.45, 7) is 4.26. The predicted octanol–water partition coefficient (Wildman–Crippen LogP) is 2.34. The van der Waals surface area contributed by atoms with Crippen molar-refractivity contribution in [1.29, 1.82) is 0 Å². The van der Waals surface area contributed by atoms with E-state index >= 15 is 0 Å². The van der Waals surface area contributed by atoms with E-state index in [-0.39, 0.29) is 5.69 Å². The van der Waals surface area contributed by atoms with E-state index in [1.807, 2.05) is 6.92 Å². The molecule has 0 saturated carbocycles. The summed E-state index contributed by atoms with van der Waals surface area (Å²) in [5.74, 6) is 0.586. The molecule has 2 aromatic rings. The molecule has 0 fully saturated rings. The molecule has 2 rings (SSSR count).